The summed E-state index contributed by atoms with van der Waals surface area (Å²) in [6, 6.07) is 24.1. The number of nitrogens with one attached hydrogen (secondary N) is 3. The monoisotopic (exact) mass is 568 g/mol. The predicted molar refractivity (Wildman–Crippen MR) is 165 cm³/mol. The Bertz CT molecular complexity index is 2120. The van der Waals surface area contributed by atoms with Crippen LogP contribution >= 0.6 is 0 Å². The van der Waals surface area contributed by atoms with E-state index in [2.05, 4.69) is 30.5 Å². The Kier molecular flexibility index (Phi) is 6.59. The molecule has 1 amide bonds. The number of nitrogens with zero attached hydrogens (tertiary/aromatic N) is 3. The van der Waals surface area contributed by atoms with Gasteiger partial charge in [0.1, 0.15) is 17.3 Å². The number of H-pyrrole nitrogens is 2. The molecule has 7 rings (SSSR count). The number of aromatic nitrogens is 5. The first-order chi connectivity index (χ1) is 21.0. The first-order valence-corrected chi connectivity index (χ1v) is 13.6. The molecule has 4 heterocycles. The molecule has 0 saturated heterocycles. The Morgan fingerprint density at radius 2 is 1.70 bits per heavy atom. The van der Waals surface area contributed by atoms with Gasteiger partial charge in [0.25, 0.3) is 0 Å². The van der Waals surface area contributed by atoms with Crippen LogP contribution in [0.25, 0.3) is 55.4 Å². The maximum absolute atomic E-state index is 14.3. The number of halogens is 1. The highest BCUT2D eigenvalue weighted by molar-refractivity contribution is 6.01. The third kappa shape index (κ3) is 5.19. The number of benzene rings is 3. The van der Waals surface area contributed by atoms with Crippen molar-refractivity contribution in [2.24, 2.45) is 0 Å². The highest BCUT2D eigenvalue weighted by Crippen LogP contribution is 2.36. The topological polar surface area (TPSA) is 109 Å². The van der Waals surface area contributed by atoms with Crippen molar-refractivity contribution >= 4 is 33.4 Å². The fourth-order valence-corrected chi connectivity index (χ4v) is 5.30. The van der Waals surface area contributed by atoms with Crippen LogP contribution in [0.5, 0.6) is 5.75 Å². The van der Waals surface area contributed by atoms with E-state index in [1.165, 1.54) is 19.2 Å². The number of anilines is 1. The fraction of sp³-hybridized carbons (Fsp3) is 0.0588. The van der Waals surface area contributed by atoms with E-state index in [0.717, 1.165) is 55.4 Å². The minimum atomic E-state index is -0.387. The van der Waals surface area contributed by atoms with Gasteiger partial charge >= 0.3 is 0 Å². The second-order valence-electron chi connectivity index (χ2n) is 10.2. The van der Waals surface area contributed by atoms with E-state index in [9.17, 15) is 9.18 Å². The summed E-state index contributed by atoms with van der Waals surface area (Å²) in [4.78, 5) is 24.8. The molecule has 0 aliphatic rings. The minimum absolute atomic E-state index is 0.109. The Morgan fingerprint density at radius 3 is 2.56 bits per heavy atom. The van der Waals surface area contributed by atoms with Gasteiger partial charge in [-0.1, -0.05) is 36.4 Å². The number of ether oxygens (including phenoxy) is 1. The molecule has 43 heavy (non-hydrogen) atoms. The van der Waals surface area contributed by atoms with Crippen LogP contribution in [0.3, 0.4) is 0 Å². The first kappa shape index (κ1) is 26.1. The second kappa shape index (κ2) is 10.9. The molecule has 4 aromatic heterocycles. The number of amides is 1. The van der Waals surface area contributed by atoms with Gasteiger partial charge in [-0.2, -0.15) is 5.10 Å². The number of carbonyl (C=O) groups excluding carboxylic acids is 1. The van der Waals surface area contributed by atoms with Crippen molar-refractivity contribution in [1.29, 1.82) is 0 Å². The van der Waals surface area contributed by atoms with Crippen LogP contribution in [0.4, 0.5) is 10.1 Å². The zero-order chi connectivity index (χ0) is 29.3. The molecule has 0 atom stereocenters. The molecule has 3 N–H and O–H groups in total. The molecule has 8 nitrogen and oxygen atoms in total. The fourth-order valence-electron chi connectivity index (χ4n) is 5.30. The lowest BCUT2D eigenvalue weighted by Crippen LogP contribution is -2.14. The quantitative estimate of drug-likeness (QED) is 0.189. The minimum Gasteiger partial charge on any atom is -0.497 e. The first-order valence-electron chi connectivity index (χ1n) is 13.6. The molecular formula is C34H25FN6O2. The third-order valence-electron chi connectivity index (χ3n) is 7.34. The van der Waals surface area contributed by atoms with E-state index >= 15 is 0 Å². The highest BCUT2D eigenvalue weighted by atomic mass is 19.1. The maximum atomic E-state index is 14.3. The average Bonchev–Trinajstić information content (AvgIpc) is 3.65. The zero-order valence-corrected chi connectivity index (χ0v) is 23.1. The Labute approximate surface area is 245 Å². The van der Waals surface area contributed by atoms with Crippen molar-refractivity contribution < 1.29 is 13.9 Å². The van der Waals surface area contributed by atoms with Gasteiger partial charge in [-0.25, -0.2) is 4.39 Å². The van der Waals surface area contributed by atoms with E-state index in [4.69, 9.17) is 4.74 Å². The highest BCUT2D eigenvalue weighted by Gasteiger charge is 2.16. The van der Waals surface area contributed by atoms with Crippen molar-refractivity contribution in [2.75, 3.05) is 12.4 Å². The number of rotatable bonds is 7. The van der Waals surface area contributed by atoms with Crippen molar-refractivity contribution in [3.05, 3.63) is 115 Å². The number of carbonyl (C=O) groups is 1. The molecule has 0 aliphatic heterocycles. The Balaban J connectivity index is 1.22. The molecule has 0 spiro atoms. The lowest BCUT2D eigenvalue weighted by Gasteiger charge is -2.08. The van der Waals surface area contributed by atoms with Crippen LogP contribution in [0.1, 0.15) is 5.56 Å². The molecule has 0 unspecified atom stereocenters. The predicted octanol–water partition coefficient (Wildman–Crippen LogP) is 7.16. The van der Waals surface area contributed by atoms with Crippen LogP contribution in [-0.4, -0.2) is 38.2 Å². The largest absolute Gasteiger partial charge is 0.497 e. The van der Waals surface area contributed by atoms with Crippen LogP contribution in [0.15, 0.2) is 104 Å². The summed E-state index contributed by atoms with van der Waals surface area (Å²) in [5.41, 5.74) is 7.97. The van der Waals surface area contributed by atoms with Gasteiger partial charge in [0.2, 0.25) is 5.91 Å². The molecule has 0 fully saturated rings. The average molecular weight is 569 g/mol. The third-order valence-corrected chi connectivity index (χ3v) is 7.34. The van der Waals surface area contributed by atoms with Gasteiger partial charge in [0.15, 0.2) is 0 Å². The van der Waals surface area contributed by atoms with E-state index in [-0.39, 0.29) is 18.1 Å². The SMILES string of the molecule is COc1cc(F)cc(-c2cncc3[nH]c(-c4n[nH]c5ccc(-c6cncc(NC(=O)Cc7ccccc7)c6)cc45)cc23)c1. The number of hydrogen-bond acceptors (Lipinski definition) is 5. The summed E-state index contributed by atoms with van der Waals surface area (Å²) in [5.74, 6) is -0.0627. The zero-order valence-electron chi connectivity index (χ0n) is 23.1. The summed E-state index contributed by atoms with van der Waals surface area (Å²) in [6.45, 7) is 0. The van der Waals surface area contributed by atoms with Gasteiger partial charge in [-0.15, -0.1) is 0 Å². The van der Waals surface area contributed by atoms with Crippen molar-refractivity contribution in [3.8, 4) is 39.4 Å². The van der Waals surface area contributed by atoms with Crippen LogP contribution < -0.4 is 10.1 Å². The number of methoxy groups -OCH3 is 1. The summed E-state index contributed by atoms with van der Waals surface area (Å²) in [5, 5.41) is 12.5. The standard InChI is InChI=1S/C34H25FN6O2/c1-43-26-12-22(10-24(35)14-26)29-18-37-19-32-27(29)15-31(39-32)34-28-13-21(7-8-30(28)40-41-34)23-11-25(17-36-16-23)38-33(42)9-20-5-3-2-4-6-20/h2-8,10-19,39H,9H2,1H3,(H,38,42)(H,40,41). The number of pyridine rings is 2. The van der Waals surface area contributed by atoms with Gasteiger partial charge in [-0.05, 0) is 53.1 Å². The van der Waals surface area contributed by atoms with Gasteiger partial charge in [-0.3, -0.25) is 19.9 Å². The molecular weight excluding hydrogens is 543 g/mol. The van der Waals surface area contributed by atoms with Crippen molar-refractivity contribution in [1.82, 2.24) is 25.1 Å². The number of aromatic amines is 2. The van der Waals surface area contributed by atoms with Crippen molar-refractivity contribution in [3.63, 3.8) is 0 Å². The number of hydrogen-bond donors (Lipinski definition) is 3. The Morgan fingerprint density at radius 1 is 0.837 bits per heavy atom. The molecule has 210 valence electrons. The van der Waals surface area contributed by atoms with E-state index < -0.39 is 0 Å². The summed E-state index contributed by atoms with van der Waals surface area (Å²) in [7, 11) is 1.51. The van der Waals surface area contributed by atoms with Crippen molar-refractivity contribution in [2.45, 2.75) is 6.42 Å². The van der Waals surface area contributed by atoms with Gasteiger partial charge < -0.3 is 15.0 Å². The van der Waals surface area contributed by atoms with Gasteiger partial charge in [0, 0.05) is 40.4 Å². The summed E-state index contributed by atoms with van der Waals surface area (Å²) >= 11 is 0. The van der Waals surface area contributed by atoms with Crippen LogP contribution in [0.2, 0.25) is 0 Å². The molecule has 7 aromatic rings. The molecule has 9 heteroatoms. The van der Waals surface area contributed by atoms with E-state index in [1.54, 1.807) is 30.9 Å². The Hall–Kier alpha value is -5.83. The maximum Gasteiger partial charge on any atom is 0.228 e. The van der Waals surface area contributed by atoms with E-state index in [1.807, 2.05) is 60.7 Å². The summed E-state index contributed by atoms with van der Waals surface area (Å²) in [6.07, 6.45) is 7.14. The normalized spacial score (nSPS) is 11.2. The lowest BCUT2D eigenvalue weighted by atomic mass is 10.0. The second-order valence-corrected chi connectivity index (χ2v) is 10.2. The van der Waals surface area contributed by atoms with E-state index in [0.29, 0.717) is 17.0 Å². The summed E-state index contributed by atoms with van der Waals surface area (Å²) < 4.78 is 19.6. The van der Waals surface area contributed by atoms with Gasteiger partial charge in [0.05, 0.1) is 48.3 Å². The van der Waals surface area contributed by atoms with Crippen LogP contribution in [0, 0.1) is 5.82 Å². The molecule has 0 radical (unpaired) electrons. The molecule has 3 aromatic carbocycles. The number of fused-ring (bicyclic) bond motifs is 2. The molecule has 0 bridgehead atoms. The van der Waals surface area contributed by atoms with Crippen LogP contribution in [-0.2, 0) is 11.2 Å². The smallest absolute Gasteiger partial charge is 0.228 e. The molecule has 0 aliphatic carbocycles. The lowest BCUT2D eigenvalue weighted by molar-refractivity contribution is -0.115. The molecule has 0 saturated carbocycles.